The summed E-state index contributed by atoms with van der Waals surface area (Å²) in [5, 5.41) is 25.8. The molecule has 0 saturated heterocycles. The Morgan fingerprint density at radius 2 is 1.04 bits per heavy atom. The number of aliphatic carboxylic acids is 2. The predicted molar refractivity (Wildman–Crippen MR) is 177 cm³/mol. The summed E-state index contributed by atoms with van der Waals surface area (Å²) in [4.78, 5) is 48.7. The lowest BCUT2D eigenvalue weighted by molar-refractivity contribution is -0.137. The second kappa shape index (κ2) is 13.8. The van der Waals surface area contributed by atoms with Gasteiger partial charge in [-0.3, -0.25) is 14.4 Å². The Kier molecular flexibility index (Phi) is 10.1. The highest BCUT2D eigenvalue weighted by molar-refractivity contribution is 5.96. The number of carboxylic acids is 2. The van der Waals surface area contributed by atoms with E-state index >= 15 is 0 Å². The summed E-state index contributed by atoms with van der Waals surface area (Å²) in [6.45, 7) is 12.3. The maximum absolute atomic E-state index is 11.5. The van der Waals surface area contributed by atoms with Gasteiger partial charge in [0, 0.05) is 34.9 Å². The van der Waals surface area contributed by atoms with Crippen LogP contribution in [0.3, 0.4) is 0 Å². The molecule has 0 amide bonds. The maximum Gasteiger partial charge on any atom is 0.303 e. The summed E-state index contributed by atoms with van der Waals surface area (Å²) in [5.74, 6) is -1.74. The zero-order valence-corrected chi connectivity index (χ0v) is 26.6. The normalized spacial score (nSPS) is 12.7. The van der Waals surface area contributed by atoms with Gasteiger partial charge in [-0.15, -0.1) is 0 Å². The Bertz CT molecular complexity index is 1910. The number of fused-ring (bicyclic) bond motifs is 8. The molecule has 8 bridgehead atoms. The molecule has 0 spiro atoms. The summed E-state index contributed by atoms with van der Waals surface area (Å²) in [5.41, 5.74) is 15.4. The Balaban J connectivity index is 0.00000148. The van der Waals surface area contributed by atoms with Gasteiger partial charge in [-0.2, -0.15) is 0 Å². The van der Waals surface area contributed by atoms with E-state index in [1.54, 1.807) is 0 Å². The van der Waals surface area contributed by atoms with Crippen molar-refractivity contribution in [2.45, 2.75) is 80.1 Å². The number of aryl methyl sites for hydroxylation is 4. The van der Waals surface area contributed by atoms with Gasteiger partial charge >= 0.3 is 11.9 Å². The van der Waals surface area contributed by atoms with Crippen LogP contribution in [0.1, 0.15) is 98.4 Å². The van der Waals surface area contributed by atoms with Crippen molar-refractivity contribution in [2.24, 2.45) is 0 Å². The van der Waals surface area contributed by atoms with Gasteiger partial charge in [-0.25, -0.2) is 9.97 Å². The number of H-pyrrole nitrogens is 2. The van der Waals surface area contributed by atoms with Crippen LogP contribution >= 0.6 is 0 Å². The number of hydrogen-bond donors (Lipinski definition) is 5. The third-order valence-corrected chi connectivity index (χ3v) is 8.69. The minimum absolute atomic E-state index is 0.0138. The molecule has 0 atom stereocenters. The zero-order chi connectivity index (χ0) is 33.0. The number of carbonyl (C=O) groups is 3. The zero-order valence-electron chi connectivity index (χ0n) is 26.6. The minimum Gasteiger partial charge on any atom is -0.483 e. The number of hydrogen-bond acceptors (Lipinski definition) is 5. The molecular formula is C35H40N4O6. The van der Waals surface area contributed by atoms with Gasteiger partial charge in [0.25, 0.3) is 6.47 Å². The van der Waals surface area contributed by atoms with Crippen molar-refractivity contribution in [3.05, 3.63) is 69.3 Å². The van der Waals surface area contributed by atoms with Gasteiger partial charge in [0.15, 0.2) is 0 Å². The van der Waals surface area contributed by atoms with Gasteiger partial charge in [-0.1, -0.05) is 13.8 Å². The van der Waals surface area contributed by atoms with E-state index in [1.165, 1.54) is 16.7 Å². The highest BCUT2D eigenvalue weighted by Crippen LogP contribution is 2.38. The molecule has 0 unspecified atom stereocenters. The summed E-state index contributed by atoms with van der Waals surface area (Å²) < 4.78 is 0. The first-order chi connectivity index (χ1) is 21.4. The summed E-state index contributed by atoms with van der Waals surface area (Å²) >= 11 is 0. The van der Waals surface area contributed by atoms with E-state index in [-0.39, 0.29) is 19.3 Å². The summed E-state index contributed by atoms with van der Waals surface area (Å²) in [7, 11) is 0. The fraction of sp³-hybridized carbons (Fsp3) is 0.343. The Labute approximate surface area is 261 Å². The van der Waals surface area contributed by atoms with E-state index in [9.17, 15) is 19.8 Å². The monoisotopic (exact) mass is 612 g/mol. The molecule has 10 nitrogen and oxygen atoms in total. The van der Waals surface area contributed by atoms with Gasteiger partial charge < -0.3 is 25.3 Å². The molecule has 0 aliphatic carbocycles. The van der Waals surface area contributed by atoms with E-state index in [4.69, 9.17) is 19.9 Å². The number of nitrogens with zero attached hydrogens (tertiary/aromatic N) is 2. The van der Waals surface area contributed by atoms with Crippen molar-refractivity contribution in [3.63, 3.8) is 0 Å². The molecule has 0 fully saturated rings. The van der Waals surface area contributed by atoms with Crippen LogP contribution in [0.5, 0.6) is 0 Å². The van der Waals surface area contributed by atoms with Crippen molar-refractivity contribution in [1.29, 1.82) is 0 Å². The van der Waals surface area contributed by atoms with Crippen molar-refractivity contribution < 1.29 is 29.7 Å². The quantitative estimate of drug-likeness (QED) is 0.164. The van der Waals surface area contributed by atoms with Gasteiger partial charge in [0.2, 0.25) is 0 Å². The van der Waals surface area contributed by atoms with Crippen LogP contribution in [0.15, 0.2) is 24.3 Å². The van der Waals surface area contributed by atoms with Crippen molar-refractivity contribution in [2.75, 3.05) is 0 Å². The highest BCUT2D eigenvalue weighted by Gasteiger charge is 2.22. The second-order valence-corrected chi connectivity index (χ2v) is 11.3. The molecule has 236 valence electrons. The number of aromatic nitrogens is 4. The average Bonchev–Trinajstić information content (AvgIpc) is 3.64. The van der Waals surface area contributed by atoms with Crippen molar-refractivity contribution in [3.8, 4) is 0 Å². The number of aromatic amines is 2. The molecule has 3 aromatic heterocycles. The van der Waals surface area contributed by atoms with Gasteiger partial charge in [-0.05, 0) is 122 Å². The van der Waals surface area contributed by atoms with E-state index in [0.29, 0.717) is 24.2 Å². The van der Waals surface area contributed by atoms with Crippen LogP contribution in [0.2, 0.25) is 0 Å². The molecule has 2 aliphatic rings. The molecule has 0 aromatic carbocycles. The van der Waals surface area contributed by atoms with E-state index in [0.717, 1.165) is 74.2 Å². The topological polar surface area (TPSA) is 169 Å². The van der Waals surface area contributed by atoms with Crippen LogP contribution in [0, 0.1) is 13.8 Å². The molecule has 5 N–H and O–H groups in total. The largest absolute Gasteiger partial charge is 0.483 e. The fourth-order valence-corrected chi connectivity index (χ4v) is 6.22. The molecule has 0 saturated carbocycles. The molecule has 5 rings (SSSR count). The SMILES string of the molecule is CCc1c(C)c2cc3[nH]c(cc4nc(cc5nc(cc1[nH]2)C(C)=C5CCC(=O)O)C(CCC(=O)O)=C4C)c(C)c3CC.O=CO. The lowest BCUT2D eigenvalue weighted by Gasteiger charge is -2.05. The smallest absolute Gasteiger partial charge is 0.303 e. The Hall–Kier alpha value is -4.99. The number of nitrogens with one attached hydrogen (secondary N) is 2. The van der Waals surface area contributed by atoms with Crippen molar-refractivity contribution >= 4 is 62.8 Å². The first kappa shape index (κ1) is 32.9. The lowest BCUT2D eigenvalue weighted by atomic mass is 9.98. The third-order valence-electron chi connectivity index (χ3n) is 8.69. The van der Waals surface area contributed by atoms with E-state index in [1.807, 2.05) is 26.0 Å². The van der Waals surface area contributed by atoms with Gasteiger partial charge in [0.05, 0.1) is 22.8 Å². The lowest BCUT2D eigenvalue weighted by Crippen LogP contribution is -1.97. The average molecular weight is 613 g/mol. The van der Waals surface area contributed by atoms with E-state index in [2.05, 4.69) is 49.8 Å². The van der Waals surface area contributed by atoms with Crippen LogP contribution < -0.4 is 0 Å². The van der Waals surface area contributed by atoms with Crippen LogP contribution in [0.4, 0.5) is 0 Å². The third kappa shape index (κ3) is 6.74. The molecule has 45 heavy (non-hydrogen) atoms. The first-order valence-corrected chi connectivity index (χ1v) is 15.1. The highest BCUT2D eigenvalue weighted by atomic mass is 16.4. The van der Waals surface area contributed by atoms with Crippen molar-refractivity contribution in [1.82, 2.24) is 19.9 Å². The number of rotatable bonds is 8. The molecule has 5 heterocycles. The van der Waals surface area contributed by atoms with Gasteiger partial charge in [0.1, 0.15) is 0 Å². The molecule has 3 aromatic rings. The molecule has 2 aliphatic heterocycles. The van der Waals surface area contributed by atoms with Crippen LogP contribution in [-0.4, -0.2) is 53.7 Å². The molecule has 0 radical (unpaired) electrons. The Morgan fingerprint density at radius 1 is 0.667 bits per heavy atom. The fourth-order valence-electron chi connectivity index (χ4n) is 6.22. The van der Waals surface area contributed by atoms with Crippen LogP contribution in [0.25, 0.3) is 44.4 Å². The number of allylic oxidation sites excluding steroid dienone is 4. The molecule has 10 heteroatoms. The standard InChI is InChI=1S/C34H38N4O4.CH2O2/c1-7-21-17(3)25-13-26-19(5)23(9-11-33(39)40)31(37-26)16-32-24(10-12-34(41)42)20(6)28(38-32)15-30-22(8-2)18(4)27(36-30)14-29(21)35-25;2-1-3/h13-16,35-36H,7-12H2,1-6H3,(H,39,40)(H,41,42);1H,(H,2,3). The number of carboxylic acid groups (broad SMARTS) is 3. The van der Waals surface area contributed by atoms with E-state index < -0.39 is 11.9 Å². The second-order valence-electron chi connectivity index (χ2n) is 11.3. The summed E-state index contributed by atoms with van der Waals surface area (Å²) in [6, 6.07) is 8.19. The Morgan fingerprint density at radius 3 is 1.44 bits per heavy atom. The minimum atomic E-state index is -0.869. The summed E-state index contributed by atoms with van der Waals surface area (Å²) in [6.07, 6.45) is 2.37. The predicted octanol–water partition coefficient (Wildman–Crippen LogP) is 7.35. The molecular weight excluding hydrogens is 572 g/mol. The maximum atomic E-state index is 11.5. The first-order valence-electron chi connectivity index (χ1n) is 15.1. The van der Waals surface area contributed by atoms with Crippen LogP contribution in [-0.2, 0) is 27.2 Å².